The molecule has 0 bridgehead atoms. The van der Waals surface area contributed by atoms with Crippen molar-refractivity contribution in [3.8, 4) is 0 Å². The minimum atomic E-state index is -4.81. The molecule has 0 aliphatic carbocycles. The number of nitrogens with zero attached hydrogens (tertiary/aromatic N) is 4. The van der Waals surface area contributed by atoms with Gasteiger partial charge in [0, 0.05) is 12.1 Å². The number of hydrogen-bond donors (Lipinski definition) is 5. The molecule has 5 N–H and O–H groups in total. The number of nitrogens with one attached hydrogen (secondary N) is 1. The van der Waals surface area contributed by atoms with Crippen LogP contribution < -0.4 is 5.32 Å². The van der Waals surface area contributed by atoms with Gasteiger partial charge in [-0.2, -0.15) is 0 Å². The van der Waals surface area contributed by atoms with E-state index in [9.17, 15) is 14.8 Å². The van der Waals surface area contributed by atoms with Crippen molar-refractivity contribution in [3.05, 3.63) is 72.1 Å². The maximum Gasteiger partial charge on any atom is 0.469 e. The fourth-order valence-corrected chi connectivity index (χ4v) is 4.32. The molecule has 194 valence electrons. The number of furan rings is 1. The Bertz CT molecular complexity index is 1420. The Hall–Kier alpha value is -3.42. The summed E-state index contributed by atoms with van der Waals surface area (Å²) in [5.41, 5.74) is 3.01. The number of ether oxygens (including phenoxy) is 1. The molecule has 3 aromatic heterocycles. The molecule has 13 nitrogen and oxygen atoms in total. The van der Waals surface area contributed by atoms with E-state index < -0.39 is 39.0 Å². The maximum atomic E-state index is 11.1. The average molecular weight is 529 g/mol. The van der Waals surface area contributed by atoms with Crippen molar-refractivity contribution in [2.45, 2.75) is 31.1 Å². The molecule has 4 atom stereocenters. The van der Waals surface area contributed by atoms with E-state index in [1.165, 1.54) is 17.2 Å². The largest absolute Gasteiger partial charge is 0.472 e. The minimum absolute atomic E-state index is 0.263. The van der Waals surface area contributed by atoms with Gasteiger partial charge in [-0.3, -0.25) is 9.09 Å². The lowest BCUT2D eigenvalue weighted by atomic mass is 10.1. The van der Waals surface area contributed by atoms with Crippen molar-refractivity contribution >= 4 is 37.1 Å². The second-order valence-electron chi connectivity index (χ2n) is 8.30. The number of rotatable bonds is 9. The van der Waals surface area contributed by atoms with Crippen LogP contribution in [-0.4, -0.2) is 64.4 Å². The second kappa shape index (κ2) is 10.5. The van der Waals surface area contributed by atoms with Gasteiger partial charge < -0.3 is 34.5 Å². The molecule has 0 unspecified atom stereocenters. The van der Waals surface area contributed by atoms with Gasteiger partial charge in [0.1, 0.15) is 30.2 Å². The second-order valence-corrected chi connectivity index (χ2v) is 9.54. The molecular formula is C23H24N5O8P. The number of benzene rings is 1. The van der Waals surface area contributed by atoms with Crippen molar-refractivity contribution in [1.29, 1.82) is 0 Å². The predicted octanol–water partition coefficient (Wildman–Crippen LogP) is 1.93. The molecule has 4 heterocycles. The smallest absolute Gasteiger partial charge is 0.469 e. The van der Waals surface area contributed by atoms with Crippen LogP contribution in [0.25, 0.3) is 23.3 Å². The summed E-state index contributed by atoms with van der Waals surface area (Å²) in [6.07, 6.45) is 2.72. The van der Waals surface area contributed by atoms with Gasteiger partial charge in [0.05, 0.1) is 24.8 Å². The Morgan fingerprint density at radius 1 is 1.11 bits per heavy atom. The third-order valence-corrected chi connectivity index (χ3v) is 6.25. The van der Waals surface area contributed by atoms with Crippen LogP contribution in [0.2, 0.25) is 0 Å². The van der Waals surface area contributed by atoms with E-state index in [1.54, 1.807) is 18.4 Å². The van der Waals surface area contributed by atoms with E-state index in [0.717, 1.165) is 11.1 Å². The molecule has 1 saturated heterocycles. The summed E-state index contributed by atoms with van der Waals surface area (Å²) >= 11 is 0. The van der Waals surface area contributed by atoms with Crippen LogP contribution in [0, 0.1) is 0 Å². The van der Waals surface area contributed by atoms with Crippen molar-refractivity contribution in [2.24, 2.45) is 0 Å². The normalized spacial score (nSPS) is 22.3. The molecule has 0 amide bonds. The molecular weight excluding hydrogens is 505 g/mol. The van der Waals surface area contributed by atoms with Crippen molar-refractivity contribution in [2.75, 3.05) is 11.9 Å². The summed E-state index contributed by atoms with van der Waals surface area (Å²) < 4.78 is 28.0. The van der Waals surface area contributed by atoms with E-state index in [0.29, 0.717) is 23.4 Å². The van der Waals surface area contributed by atoms with Crippen molar-refractivity contribution in [3.63, 3.8) is 0 Å². The number of anilines is 1. The highest BCUT2D eigenvalue weighted by Gasteiger charge is 2.46. The van der Waals surface area contributed by atoms with E-state index in [-0.39, 0.29) is 5.95 Å². The van der Waals surface area contributed by atoms with Crippen LogP contribution in [0.3, 0.4) is 0 Å². The molecule has 4 aromatic rings. The Morgan fingerprint density at radius 2 is 1.92 bits per heavy atom. The molecule has 1 aliphatic heterocycles. The molecule has 37 heavy (non-hydrogen) atoms. The Kier molecular flexibility index (Phi) is 7.17. The van der Waals surface area contributed by atoms with Gasteiger partial charge in [-0.1, -0.05) is 36.4 Å². The topological polar surface area (TPSA) is 185 Å². The fourth-order valence-electron chi connectivity index (χ4n) is 3.98. The molecule has 0 saturated carbocycles. The van der Waals surface area contributed by atoms with Gasteiger partial charge in [0.2, 0.25) is 5.95 Å². The van der Waals surface area contributed by atoms with E-state index in [1.807, 2.05) is 36.4 Å². The number of phosphoric acid groups is 1. The number of hydrogen-bond acceptors (Lipinski definition) is 10. The third kappa shape index (κ3) is 5.63. The number of aromatic nitrogens is 4. The molecule has 14 heteroatoms. The summed E-state index contributed by atoms with van der Waals surface area (Å²) in [6.45, 7) is -0.317. The predicted molar refractivity (Wildman–Crippen MR) is 131 cm³/mol. The summed E-state index contributed by atoms with van der Waals surface area (Å²) in [6, 6.07) is 11.4. The minimum Gasteiger partial charge on any atom is -0.472 e. The zero-order valence-electron chi connectivity index (χ0n) is 19.2. The van der Waals surface area contributed by atoms with Gasteiger partial charge in [0.15, 0.2) is 11.9 Å². The van der Waals surface area contributed by atoms with Gasteiger partial charge in [-0.25, -0.2) is 19.5 Å². The summed E-state index contributed by atoms with van der Waals surface area (Å²) in [7, 11) is -4.81. The Balaban J connectivity index is 1.52. The maximum absolute atomic E-state index is 11.1. The SMILES string of the molecule is O=P(O)(O)OC[C@H]1O[C@@H](n2c(NCc3ccoc3)nc3c(/C=C/c4ccccc4)ncnc32)[C@H](O)[C@@H]1O. The average Bonchev–Trinajstić information content (AvgIpc) is 3.59. The standard InChI is InChI=1S/C23H24N5O8P/c29-19-17(12-35-37(31,32)33)36-22(20(19)30)28-21-18(27-23(28)24-10-15-8-9-34-11-15)16(25-13-26-21)7-6-14-4-2-1-3-5-14/h1-9,11,13,17,19-20,22,29-30H,10,12H2,(H,24,27)(H2,31,32,33)/b7-6+/t17-,19-,20-,22-/m1/s1. The lowest BCUT2D eigenvalue weighted by molar-refractivity contribution is -0.0494. The molecule has 1 fully saturated rings. The Labute approximate surface area is 210 Å². The first-order valence-corrected chi connectivity index (χ1v) is 12.8. The zero-order valence-corrected chi connectivity index (χ0v) is 20.1. The van der Waals surface area contributed by atoms with E-state index >= 15 is 0 Å². The van der Waals surface area contributed by atoms with Crippen LogP contribution in [-0.2, 0) is 20.4 Å². The monoisotopic (exact) mass is 529 g/mol. The Morgan fingerprint density at radius 3 is 2.65 bits per heavy atom. The number of imidazole rings is 1. The molecule has 1 aromatic carbocycles. The van der Waals surface area contributed by atoms with Gasteiger partial charge >= 0.3 is 7.82 Å². The number of aliphatic hydroxyl groups is 2. The van der Waals surface area contributed by atoms with Crippen LogP contribution in [0.15, 0.2) is 59.7 Å². The summed E-state index contributed by atoms with van der Waals surface area (Å²) in [5, 5.41) is 24.5. The van der Waals surface area contributed by atoms with Crippen molar-refractivity contribution < 1.29 is 38.2 Å². The van der Waals surface area contributed by atoms with Crippen LogP contribution in [0.5, 0.6) is 0 Å². The van der Waals surface area contributed by atoms with E-state index in [4.69, 9.17) is 18.9 Å². The highest BCUT2D eigenvalue weighted by Crippen LogP contribution is 2.40. The first kappa shape index (κ1) is 25.2. The quantitative estimate of drug-likeness (QED) is 0.199. The van der Waals surface area contributed by atoms with Crippen LogP contribution in [0.1, 0.15) is 23.0 Å². The lowest BCUT2D eigenvalue weighted by Gasteiger charge is -2.19. The van der Waals surface area contributed by atoms with Gasteiger partial charge in [0.25, 0.3) is 0 Å². The highest BCUT2D eigenvalue weighted by molar-refractivity contribution is 7.46. The number of phosphoric ester groups is 1. The van der Waals surface area contributed by atoms with Gasteiger partial charge in [-0.15, -0.1) is 0 Å². The molecule has 5 rings (SSSR count). The highest BCUT2D eigenvalue weighted by atomic mass is 31.2. The summed E-state index contributed by atoms with van der Waals surface area (Å²) in [5.74, 6) is 0.263. The van der Waals surface area contributed by atoms with Crippen LogP contribution in [0.4, 0.5) is 5.95 Å². The molecule has 0 spiro atoms. The van der Waals surface area contributed by atoms with Crippen LogP contribution >= 0.6 is 7.82 Å². The molecule has 0 radical (unpaired) electrons. The van der Waals surface area contributed by atoms with Crippen molar-refractivity contribution in [1.82, 2.24) is 19.5 Å². The fraction of sp³-hybridized carbons (Fsp3) is 0.261. The lowest BCUT2D eigenvalue weighted by Crippen LogP contribution is -2.33. The van der Waals surface area contributed by atoms with E-state index in [2.05, 4.69) is 24.8 Å². The molecule has 1 aliphatic rings. The first-order chi connectivity index (χ1) is 17.8. The third-order valence-electron chi connectivity index (χ3n) is 5.77. The zero-order chi connectivity index (χ0) is 26.0. The number of aliphatic hydroxyl groups excluding tert-OH is 2. The number of fused-ring (bicyclic) bond motifs is 1. The van der Waals surface area contributed by atoms with Gasteiger partial charge in [-0.05, 0) is 17.7 Å². The summed E-state index contributed by atoms with van der Waals surface area (Å²) in [4.78, 5) is 31.4. The first-order valence-electron chi connectivity index (χ1n) is 11.2.